The van der Waals surface area contributed by atoms with Crippen LogP contribution in [0.2, 0.25) is 0 Å². The van der Waals surface area contributed by atoms with Gasteiger partial charge in [-0.1, -0.05) is 18.2 Å². The number of rotatable bonds is 5. The molecule has 0 spiro atoms. The lowest BCUT2D eigenvalue weighted by Crippen LogP contribution is -2.37. The largest absolute Gasteiger partial charge is 0.484 e. The lowest BCUT2D eigenvalue weighted by molar-refractivity contribution is -0.131. The molecule has 0 saturated carbocycles. The Morgan fingerprint density at radius 2 is 2.19 bits per heavy atom. The lowest BCUT2D eigenvalue weighted by Gasteiger charge is -2.27. The fraction of sp³-hybridized carbons (Fsp3) is 0.350. The van der Waals surface area contributed by atoms with Crippen molar-refractivity contribution in [2.75, 3.05) is 6.54 Å². The van der Waals surface area contributed by atoms with Gasteiger partial charge >= 0.3 is 0 Å². The van der Waals surface area contributed by atoms with Gasteiger partial charge in [0.05, 0.1) is 17.1 Å². The number of benzene rings is 1. The van der Waals surface area contributed by atoms with Crippen LogP contribution >= 0.6 is 11.3 Å². The molecule has 0 aliphatic carbocycles. The van der Waals surface area contributed by atoms with Crippen molar-refractivity contribution in [3.63, 3.8) is 0 Å². The Balaban J connectivity index is 1.47. The highest BCUT2D eigenvalue weighted by atomic mass is 32.1. The zero-order valence-corrected chi connectivity index (χ0v) is 16.3. The third-order valence-corrected chi connectivity index (χ3v) is 5.58. The van der Waals surface area contributed by atoms with Crippen molar-refractivity contribution in [3.05, 3.63) is 63.4 Å². The number of thiazole rings is 1. The normalized spacial score (nSPS) is 14.7. The molecule has 2 aromatic heterocycles. The van der Waals surface area contributed by atoms with Crippen molar-refractivity contribution < 1.29 is 9.53 Å². The maximum atomic E-state index is 12.7. The van der Waals surface area contributed by atoms with E-state index in [0.29, 0.717) is 19.5 Å². The van der Waals surface area contributed by atoms with E-state index in [1.165, 1.54) is 0 Å². The first-order chi connectivity index (χ1) is 13.1. The van der Waals surface area contributed by atoms with Gasteiger partial charge in [0.15, 0.2) is 0 Å². The van der Waals surface area contributed by atoms with Gasteiger partial charge in [-0.2, -0.15) is 5.10 Å². The van der Waals surface area contributed by atoms with Crippen molar-refractivity contribution in [2.45, 2.75) is 39.3 Å². The first-order valence-corrected chi connectivity index (χ1v) is 9.94. The SMILES string of the molecule is Cc1nc(CC(=O)N2CCc3[nH]nc(C(C)Oc4ccccc4)c3C2)cs1. The predicted octanol–water partition coefficient (Wildman–Crippen LogP) is 3.44. The number of carbonyl (C=O) groups excluding carboxylic acids is 1. The number of aryl methyl sites for hydroxylation is 1. The van der Waals surface area contributed by atoms with E-state index < -0.39 is 0 Å². The predicted molar refractivity (Wildman–Crippen MR) is 104 cm³/mol. The van der Waals surface area contributed by atoms with E-state index in [1.807, 2.05) is 54.5 Å². The average Bonchev–Trinajstić information content (AvgIpc) is 3.28. The maximum Gasteiger partial charge on any atom is 0.228 e. The second-order valence-corrected chi connectivity index (χ2v) is 7.80. The van der Waals surface area contributed by atoms with Crippen molar-refractivity contribution in [3.8, 4) is 5.75 Å². The Kier molecular flexibility index (Phi) is 4.94. The van der Waals surface area contributed by atoms with Gasteiger partial charge in [0, 0.05) is 36.1 Å². The molecule has 1 aliphatic rings. The van der Waals surface area contributed by atoms with E-state index in [9.17, 15) is 4.79 Å². The molecule has 0 saturated heterocycles. The number of hydrogen-bond acceptors (Lipinski definition) is 5. The number of amides is 1. The number of para-hydroxylation sites is 1. The van der Waals surface area contributed by atoms with Crippen LogP contribution in [0, 0.1) is 6.92 Å². The molecule has 7 heteroatoms. The van der Waals surface area contributed by atoms with E-state index in [1.54, 1.807) is 11.3 Å². The summed E-state index contributed by atoms with van der Waals surface area (Å²) in [6.07, 6.45) is 0.939. The molecular formula is C20H22N4O2S. The summed E-state index contributed by atoms with van der Waals surface area (Å²) in [6, 6.07) is 9.72. The summed E-state index contributed by atoms with van der Waals surface area (Å²) in [6.45, 7) is 5.20. The van der Waals surface area contributed by atoms with Crippen LogP contribution in [0.25, 0.3) is 0 Å². The number of nitrogens with one attached hydrogen (secondary N) is 1. The highest BCUT2D eigenvalue weighted by Crippen LogP contribution is 2.28. The Labute approximate surface area is 162 Å². The molecule has 0 fully saturated rings. The zero-order valence-electron chi connectivity index (χ0n) is 15.4. The van der Waals surface area contributed by atoms with E-state index in [2.05, 4.69) is 15.2 Å². The molecule has 4 rings (SSSR count). The van der Waals surface area contributed by atoms with Gasteiger partial charge in [-0.25, -0.2) is 4.98 Å². The summed E-state index contributed by atoms with van der Waals surface area (Å²) < 4.78 is 6.02. The van der Waals surface area contributed by atoms with Gasteiger partial charge < -0.3 is 9.64 Å². The maximum absolute atomic E-state index is 12.7. The Hall–Kier alpha value is -2.67. The highest BCUT2D eigenvalue weighted by molar-refractivity contribution is 7.09. The van der Waals surface area contributed by atoms with Crippen molar-refractivity contribution in [1.82, 2.24) is 20.1 Å². The summed E-state index contributed by atoms with van der Waals surface area (Å²) in [4.78, 5) is 19.0. The molecule has 1 aromatic carbocycles. The highest BCUT2D eigenvalue weighted by Gasteiger charge is 2.28. The Morgan fingerprint density at radius 1 is 1.37 bits per heavy atom. The summed E-state index contributed by atoms with van der Waals surface area (Å²) in [7, 11) is 0. The molecule has 3 aromatic rings. The molecule has 1 atom stereocenters. The topological polar surface area (TPSA) is 71.1 Å². The third kappa shape index (κ3) is 3.88. The number of aromatic nitrogens is 3. The van der Waals surface area contributed by atoms with Crippen molar-refractivity contribution in [2.24, 2.45) is 0 Å². The number of fused-ring (bicyclic) bond motifs is 1. The summed E-state index contributed by atoms with van der Waals surface area (Å²) in [5, 5.41) is 10.6. The van der Waals surface area contributed by atoms with E-state index in [0.717, 1.165) is 39.8 Å². The van der Waals surface area contributed by atoms with Crippen LogP contribution in [-0.4, -0.2) is 32.5 Å². The second-order valence-electron chi connectivity index (χ2n) is 6.74. The van der Waals surface area contributed by atoms with Crippen LogP contribution in [0.5, 0.6) is 5.75 Å². The fourth-order valence-electron chi connectivity index (χ4n) is 3.38. The van der Waals surface area contributed by atoms with Crippen LogP contribution in [0.15, 0.2) is 35.7 Å². The van der Waals surface area contributed by atoms with Gasteiger partial charge in [-0.15, -0.1) is 11.3 Å². The lowest BCUT2D eigenvalue weighted by atomic mass is 10.0. The van der Waals surface area contributed by atoms with Crippen LogP contribution in [-0.2, 0) is 24.2 Å². The van der Waals surface area contributed by atoms with E-state index in [4.69, 9.17) is 4.74 Å². The second kappa shape index (κ2) is 7.52. The van der Waals surface area contributed by atoms with Gasteiger partial charge in [0.2, 0.25) is 5.91 Å². The van der Waals surface area contributed by atoms with Gasteiger partial charge in [0.25, 0.3) is 0 Å². The van der Waals surface area contributed by atoms with E-state index >= 15 is 0 Å². The number of ether oxygens (including phenoxy) is 1. The van der Waals surface area contributed by atoms with Crippen LogP contribution in [0.3, 0.4) is 0 Å². The fourth-order valence-corrected chi connectivity index (χ4v) is 3.99. The number of aromatic amines is 1. The van der Waals surface area contributed by atoms with E-state index in [-0.39, 0.29) is 12.0 Å². The Bertz CT molecular complexity index is 935. The van der Waals surface area contributed by atoms with Crippen molar-refractivity contribution >= 4 is 17.2 Å². The first-order valence-electron chi connectivity index (χ1n) is 9.06. The average molecular weight is 382 g/mol. The molecule has 1 aliphatic heterocycles. The van der Waals surface area contributed by atoms with Crippen molar-refractivity contribution in [1.29, 1.82) is 0 Å². The number of H-pyrrole nitrogens is 1. The molecular weight excluding hydrogens is 360 g/mol. The molecule has 0 radical (unpaired) electrons. The molecule has 140 valence electrons. The summed E-state index contributed by atoms with van der Waals surface area (Å²) >= 11 is 1.58. The summed E-state index contributed by atoms with van der Waals surface area (Å²) in [5.74, 6) is 0.916. The van der Waals surface area contributed by atoms with Gasteiger partial charge in [0.1, 0.15) is 17.5 Å². The molecule has 1 N–H and O–H groups in total. The molecule has 3 heterocycles. The van der Waals surface area contributed by atoms with Crippen LogP contribution in [0.1, 0.15) is 40.7 Å². The smallest absolute Gasteiger partial charge is 0.228 e. The standard InChI is InChI=1S/C20H22N4O2S/c1-13(26-16-6-4-3-5-7-16)20-17-11-24(9-8-18(17)22-23-20)19(25)10-15-12-27-14(2)21-15/h3-7,12-13H,8-11H2,1-2H3,(H,22,23). The first kappa shape index (κ1) is 17.7. The number of nitrogens with zero attached hydrogens (tertiary/aromatic N) is 3. The minimum absolute atomic E-state index is 0.106. The monoisotopic (exact) mass is 382 g/mol. The quantitative estimate of drug-likeness (QED) is 0.734. The molecule has 6 nitrogen and oxygen atoms in total. The minimum atomic E-state index is -0.191. The molecule has 1 unspecified atom stereocenters. The number of hydrogen-bond donors (Lipinski definition) is 1. The number of carbonyl (C=O) groups is 1. The van der Waals surface area contributed by atoms with Gasteiger partial charge in [-0.05, 0) is 26.0 Å². The third-order valence-electron chi connectivity index (χ3n) is 4.76. The molecule has 0 bridgehead atoms. The minimum Gasteiger partial charge on any atom is -0.484 e. The zero-order chi connectivity index (χ0) is 18.8. The summed E-state index contributed by atoms with van der Waals surface area (Å²) in [5.41, 5.74) is 3.90. The molecule has 1 amide bonds. The molecule has 27 heavy (non-hydrogen) atoms. The van der Waals surface area contributed by atoms with Crippen LogP contribution < -0.4 is 4.74 Å². The Morgan fingerprint density at radius 3 is 2.93 bits per heavy atom. The van der Waals surface area contributed by atoms with Crippen LogP contribution in [0.4, 0.5) is 0 Å². The van der Waals surface area contributed by atoms with Gasteiger partial charge in [-0.3, -0.25) is 9.89 Å².